The van der Waals surface area contributed by atoms with Crippen molar-refractivity contribution in [2.75, 3.05) is 6.54 Å². The average Bonchev–Trinajstić information content (AvgIpc) is 2.09. The van der Waals surface area contributed by atoms with Crippen LogP contribution >= 0.6 is 0 Å². The fraction of sp³-hybridized carbons (Fsp3) is 0.818. The molecular weight excluding hydrogens is 146 g/mol. The van der Waals surface area contributed by atoms with Crippen molar-refractivity contribution in [1.29, 1.82) is 0 Å². The zero-order chi connectivity index (χ0) is 8.97. The molecule has 0 aromatic heterocycles. The molecule has 0 aliphatic heterocycles. The lowest BCUT2D eigenvalue weighted by Crippen LogP contribution is -2.20. The Labute approximate surface area is 76.0 Å². The molecular formula is C11H21N. The Kier molecular flexibility index (Phi) is 3.80. The van der Waals surface area contributed by atoms with Gasteiger partial charge in [0.1, 0.15) is 0 Å². The smallest absolute Gasteiger partial charge is 0.00514 e. The SMILES string of the molecule is CC(CN)CC1CC=CCC1C. The van der Waals surface area contributed by atoms with Gasteiger partial charge in [0, 0.05) is 0 Å². The molecule has 3 atom stereocenters. The molecule has 1 aliphatic carbocycles. The maximum atomic E-state index is 5.62. The Morgan fingerprint density at radius 1 is 1.42 bits per heavy atom. The van der Waals surface area contributed by atoms with Crippen LogP contribution in [0, 0.1) is 17.8 Å². The molecule has 0 heterocycles. The van der Waals surface area contributed by atoms with Crippen molar-refractivity contribution in [2.45, 2.75) is 33.1 Å². The normalized spacial score (nSPS) is 31.9. The Morgan fingerprint density at radius 2 is 2.08 bits per heavy atom. The van der Waals surface area contributed by atoms with E-state index in [1.54, 1.807) is 0 Å². The second kappa shape index (κ2) is 4.66. The Hall–Kier alpha value is -0.300. The first-order chi connectivity index (χ1) is 5.74. The van der Waals surface area contributed by atoms with Crippen LogP contribution < -0.4 is 5.73 Å². The quantitative estimate of drug-likeness (QED) is 0.642. The highest BCUT2D eigenvalue weighted by Crippen LogP contribution is 2.29. The summed E-state index contributed by atoms with van der Waals surface area (Å²) in [5.41, 5.74) is 5.62. The summed E-state index contributed by atoms with van der Waals surface area (Å²) in [6.45, 7) is 5.45. The number of hydrogen-bond acceptors (Lipinski definition) is 1. The lowest BCUT2D eigenvalue weighted by molar-refractivity contribution is 0.287. The van der Waals surface area contributed by atoms with Gasteiger partial charge in [0.25, 0.3) is 0 Å². The predicted molar refractivity (Wildman–Crippen MR) is 53.9 cm³/mol. The Balaban J connectivity index is 2.35. The van der Waals surface area contributed by atoms with E-state index < -0.39 is 0 Å². The third-order valence-corrected chi connectivity index (χ3v) is 3.03. The molecule has 1 aliphatic rings. The van der Waals surface area contributed by atoms with Gasteiger partial charge in [0.05, 0.1) is 0 Å². The van der Waals surface area contributed by atoms with Gasteiger partial charge < -0.3 is 5.73 Å². The van der Waals surface area contributed by atoms with Crippen LogP contribution in [0.1, 0.15) is 33.1 Å². The molecule has 0 bridgehead atoms. The van der Waals surface area contributed by atoms with Gasteiger partial charge >= 0.3 is 0 Å². The van der Waals surface area contributed by atoms with Crippen LogP contribution in [-0.2, 0) is 0 Å². The molecule has 0 saturated heterocycles. The van der Waals surface area contributed by atoms with Crippen LogP contribution in [0.4, 0.5) is 0 Å². The molecule has 1 nitrogen and oxygen atoms in total. The molecule has 0 saturated carbocycles. The minimum atomic E-state index is 0.698. The molecule has 0 amide bonds. The van der Waals surface area contributed by atoms with Crippen molar-refractivity contribution in [1.82, 2.24) is 0 Å². The first-order valence-corrected chi connectivity index (χ1v) is 5.09. The van der Waals surface area contributed by atoms with E-state index in [9.17, 15) is 0 Å². The van der Waals surface area contributed by atoms with E-state index in [1.807, 2.05) is 0 Å². The molecule has 0 aromatic carbocycles. The van der Waals surface area contributed by atoms with Gasteiger partial charge in [-0.1, -0.05) is 26.0 Å². The molecule has 70 valence electrons. The summed E-state index contributed by atoms with van der Waals surface area (Å²) in [4.78, 5) is 0. The lowest BCUT2D eigenvalue weighted by atomic mass is 9.79. The highest BCUT2D eigenvalue weighted by Gasteiger charge is 2.19. The van der Waals surface area contributed by atoms with Gasteiger partial charge in [-0.2, -0.15) is 0 Å². The van der Waals surface area contributed by atoms with Crippen LogP contribution in [0.3, 0.4) is 0 Å². The fourth-order valence-corrected chi connectivity index (χ4v) is 1.95. The van der Waals surface area contributed by atoms with Crippen molar-refractivity contribution in [3.8, 4) is 0 Å². The van der Waals surface area contributed by atoms with Crippen molar-refractivity contribution in [2.24, 2.45) is 23.5 Å². The largest absolute Gasteiger partial charge is 0.330 e. The first kappa shape index (κ1) is 9.79. The molecule has 0 aromatic rings. The first-order valence-electron chi connectivity index (χ1n) is 5.09. The van der Waals surface area contributed by atoms with Crippen molar-refractivity contribution in [3.63, 3.8) is 0 Å². The van der Waals surface area contributed by atoms with Crippen LogP contribution in [0.5, 0.6) is 0 Å². The summed E-state index contributed by atoms with van der Waals surface area (Å²) in [6, 6.07) is 0. The van der Waals surface area contributed by atoms with E-state index in [2.05, 4.69) is 26.0 Å². The molecule has 0 fully saturated rings. The topological polar surface area (TPSA) is 26.0 Å². The summed E-state index contributed by atoms with van der Waals surface area (Å²) in [7, 11) is 0. The highest BCUT2D eigenvalue weighted by molar-refractivity contribution is 4.93. The van der Waals surface area contributed by atoms with Gasteiger partial charge in [-0.25, -0.2) is 0 Å². The zero-order valence-electron chi connectivity index (χ0n) is 8.29. The van der Waals surface area contributed by atoms with Crippen molar-refractivity contribution in [3.05, 3.63) is 12.2 Å². The summed E-state index contributed by atoms with van der Waals surface area (Å²) < 4.78 is 0. The van der Waals surface area contributed by atoms with E-state index in [4.69, 9.17) is 5.73 Å². The predicted octanol–water partition coefficient (Wildman–Crippen LogP) is 2.57. The molecule has 3 unspecified atom stereocenters. The number of allylic oxidation sites excluding steroid dienone is 2. The molecule has 12 heavy (non-hydrogen) atoms. The standard InChI is InChI=1S/C11H21N/c1-9(8-12)7-11-6-4-3-5-10(11)2/h3-4,9-11H,5-8,12H2,1-2H3. The monoisotopic (exact) mass is 167 g/mol. The van der Waals surface area contributed by atoms with Crippen LogP contribution in [0.15, 0.2) is 12.2 Å². The van der Waals surface area contributed by atoms with Gasteiger partial charge in [0.2, 0.25) is 0 Å². The van der Waals surface area contributed by atoms with Crippen LogP contribution in [0.2, 0.25) is 0 Å². The maximum absolute atomic E-state index is 5.62. The molecule has 0 spiro atoms. The highest BCUT2D eigenvalue weighted by atomic mass is 14.5. The fourth-order valence-electron chi connectivity index (χ4n) is 1.95. The molecule has 1 rings (SSSR count). The van der Waals surface area contributed by atoms with Gasteiger partial charge in [-0.15, -0.1) is 0 Å². The average molecular weight is 167 g/mol. The van der Waals surface area contributed by atoms with E-state index in [0.717, 1.165) is 18.4 Å². The maximum Gasteiger partial charge on any atom is -0.00514 e. The number of nitrogens with two attached hydrogens (primary N) is 1. The van der Waals surface area contributed by atoms with E-state index in [1.165, 1.54) is 19.3 Å². The summed E-state index contributed by atoms with van der Waals surface area (Å²) >= 11 is 0. The van der Waals surface area contributed by atoms with Crippen molar-refractivity contribution < 1.29 is 0 Å². The number of rotatable bonds is 3. The summed E-state index contributed by atoms with van der Waals surface area (Å²) in [5.74, 6) is 2.45. The van der Waals surface area contributed by atoms with E-state index in [-0.39, 0.29) is 0 Å². The zero-order valence-corrected chi connectivity index (χ0v) is 8.29. The molecule has 2 N–H and O–H groups in total. The van der Waals surface area contributed by atoms with Crippen LogP contribution in [-0.4, -0.2) is 6.54 Å². The summed E-state index contributed by atoms with van der Waals surface area (Å²) in [5, 5.41) is 0. The Bertz CT molecular complexity index is 151. The minimum Gasteiger partial charge on any atom is -0.330 e. The third kappa shape index (κ3) is 2.63. The lowest BCUT2D eigenvalue weighted by Gasteiger charge is -2.27. The summed E-state index contributed by atoms with van der Waals surface area (Å²) in [6.07, 6.45) is 8.48. The molecule has 0 radical (unpaired) electrons. The van der Waals surface area contributed by atoms with E-state index in [0.29, 0.717) is 5.92 Å². The molecule has 1 heteroatoms. The van der Waals surface area contributed by atoms with Crippen molar-refractivity contribution >= 4 is 0 Å². The van der Waals surface area contributed by atoms with Gasteiger partial charge in [0.15, 0.2) is 0 Å². The number of hydrogen-bond donors (Lipinski definition) is 1. The second-order valence-electron chi connectivity index (χ2n) is 4.26. The van der Waals surface area contributed by atoms with E-state index >= 15 is 0 Å². The minimum absolute atomic E-state index is 0.698. The van der Waals surface area contributed by atoms with Crippen LogP contribution in [0.25, 0.3) is 0 Å². The third-order valence-electron chi connectivity index (χ3n) is 3.03. The Morgan fingerprint density at radius 3 is 2.67 bits per heavy atom. The van der Waals surface area contributed by atoms with Gasteiger partial charge in [-0.05, 0) is 43.6 Å². The van der Waals surface area contributed by atoms with Gasteiger partial charge in [-0.3, -0.25) is 0 Å². The second-order valence-corrected chi connectivity index (χ2v) is 4.26.